The molecule has 2 nitrogen and oxygen atoms in total. The van der Waals surface area contributed by atoms with Gasteiger partial charge in [-0.25, -0.2) is 4.98 Å². The Morgan fingerprint density at radius 2 is 1.95 bits per heavy atom. The second-order valence-electron chi connectivity index (χ2n) is 5.07. The number of aryl methyl sites for hydroxylation is 1. The first-order valence-corrected chi connectivity index (χ1v) is 7.26. The summed E-state index contributed by atoms with van der Waals surface area (Å²) in [5.41, 5.74) is 3.12. The van der Waals surface area contributed by atoms with Crippen LogP contribution >= 0.6 is 23.2 Å². The van der Waals surface area contributed by atoms with Crippen LogP contribution in [-0.2, 0) is 6.61 Å². The predicted molar refractivity (Wildman–Crippen MR) is 83.9 cm³/mol. The fourth-order valence-electron chi connectivity index (χ4n) is 1.96. The molecule has 0 saturated heterocycles. The van der Waals surface area contributed by atoms with E-state index >= 15 is 0 Å². The van der Waals surface area contributed by atoms with Crippen LogP contribution < -0.4 is 4.74 Å². The number of rotatable bonds is 4. The van der Waals surface area contributed by atoms with Crippen LogP contribution in [0.1, 0.15) is 36.5 Å². The maximum Gasteiger partial charge on any atom is 0.129 e. The van der Waals surface area contributed by atoms with E-state index in [2.05, 4.69) is 18.8 Å². The molecule has 4 heteroatoms. The van der Waals surface area contributed by atoms with Gasteiger partial charge in [0.2, 0.25) is 0 Å². The zero-order chi connectivity index (χ0) is 14.7. The lowest BCUT2D eigenvalue weighted by Crippen LogP contribution is -1.99. The molecule has 2 rings (SSSR count). The van der Waals surface area contributed by atoms with Gasteiger partial charge < -0.3 is 4.74 Å². The molecule has 0 bridgehead atoms. The average molecular weight is 310 g/mol. The summed E-state index contributed by atoms with van der Waals surface area (Å²) in [5, 5.41) is 1.26. The van der Waals surface area contributed by atoms with E-state index in [1.807, 2.05) is 25.1 Å². The normalized spacial score (nSPS) is 10.9. The molecule has 1 aromatic carbocycles. The van der Waals surface area contributed by atoms with E-state index in [1.54, 1.807) is 12.3 Å². The van der Waals surface area contributed by atoms with Gasteiger partial charge in [-0.05, 0) is 53.8 Å². The first-order valence-electron chi connectivity index (χ1n) is 6.50. The summed E-state index contributed by atoms with van der Waals surface area (Å²) in [7, 11) is 0. The number of hydrogen-bond donors (Lipinski definition) is 0. The number of pyridine rings is 1. The highest BCUT2D eigenvalue weighted by Gasteiger charge is 2.10. The number of benzene rings is 1. The van der Waals surface area contributed by atoms with E-state index < -0.39 is 0 Å². The molecule has 2 aromatic rings. The highest BCUT2D eigenvalue weighted by atomic mass is 35.5. The molecule has 0 spiro atoms. The number of halogens is 2. The van der Waals surface area contributed by atoms with Crippen LogP contribution in [0.25, 0.3) is 0 Å². The van der Waals surface area contributed by atoms with Crippen molar-refractivity contribution in [1.82, 2.24) is 4.98 Å². The van der Waals surface area contributed by atoms with Gasteiger partial charge in [0.1, 0.15) is 17.5 Å². The molecule has 1 heterocycles. The van der Waals surface area contributed by atoms with Gasteiger partial charge in [-0.3, -0.25) is 0 Å². The molecule has 0 radical (unpaired) electrons. The summed E-state index contributed by atoms with van der Waals surface area (Å²) >= 11 is 12.1. The molecule has 0 aliphatic carbocycles. The third kappa shape index (κ3) is 3.65. The number of hydrogen-bond acceptors (Lipinski definition) is 2. The van der Waals surface area contributed by atoms with Crippen molar-refractivity contribution in [1.29, 1.82) is 0 Å². The van der Waals surface area contributed by atoms with Crippen molar-refractivity contribution in [3.8, 4) is 5.75 Å². The molecule has 106 valence electrons. The zero-order valence-corrected chi connectivity index (χ0v) is 13.3. The fraction of sp³-hybridized carbons (Fsp3) is 0.312. The molecular formula is C16H17Cl2NO. The van der Waals surface area contributed by atoms with Crippen molar-refractivity contribution in [3.63, 3.8) is 0 Å². The van der Waals surface area contributed by atoms with Crippen LogP contribution in [0.3, 0.4) is 0 Å². The molecule has 0 N–H and O–H groups in total. The number of ether oxygens (including phenoxy) is 1. The molecular weight excluding hydrogens is 293 g/mol. The largest absolute Gasteiger partial charge is 0.489 e. The molecule has 0 amide bonds. The SMILES string of the molecule is Cc1cc(Cl)c(C(C)C)cc1OCc1ccnc(Cl)c1. The van der Waals surface area contributed by atoms with E-state index in [0.717, 1.165) is 27.5 Å². The van der Waals surface area contributed by atoms with Crippen LogP contribution in [0.4, 0.5) is 0 Å². The standard InChI is InChI=1S/C16H17Cl2NO/c1-10(2)13-8-15(11(3)6-14(13)17)20-9-12-4-5-19-16(18)7-12/h4-8,10H,9H2,1-3H3. The molecule has 0 saturated carbocycles. The highest BCUT2D eigenvalue weighted by Crippen LogP contribution is 2.31. The summed E-state index contributed by atoms with van der Waals surface area (Å²) in [6, 6.07) is 7.66. The number of nitrogens with zero attached hydrogens (tertiary/aromatic N) is 1. The summed E-state index contributed by atoms with van der Waals surface area (Å²) in [6.45, 7) is 6.68. The summed E-state index contributed by atoms with van der Waals surface area (Å²) < 4.78 is 5.88. The molecule has 0 aliphatic rings. The van der Waals surface area contributed by atoms with Crippen LogP contribution in [0, 0.1) is 6.92 Å². The first-order chi connectivity index (χ1) is 9.47. The second-order valence-corrected chi connectivity index (χ2v) is 5.86. The number of aromatic nitrogens is 1. The summed E-state index contributed by atoms with van der Waals surface area (Å²) in [5.74, 6) is 1.21. The Labute approximate surface area is 129 Å². The van der Waals surface area contributed by atoms with Crippen molar-refractivity contribution in [2.24, 2.45) is 0 Å². The Morgan fingerprint density at radius 1 is 1.20 bits per heavy atom. The van der Waals surface area contributed by atoms with Crippen molar-refractivity contribution in [3.05, 3.63) is 57.3 Å². The summed E-state index contributed by atoms with van der Waals surface area (Å²) in [6.07, 6.45) is 1.68. The molecule has 0 atom stereocenters. The van der Waals surface area contributed by atoms with Gasteiger partial charge in [0.15, 0.2) is 0 Å². The Bertz CT molecular complexity index is 611. The molecule has 0 aliphatic heterocycles. The lowest BCUT2D eigenvalue weighted by atomic mass is 10.0. The third-order valence-electron chi connectivity index (χ3n) is 3.10. The van der Waals surface area contributed by atoms with Crippen LogP contribution in [-0.4, -0.2) is 4.98 Å². The topological polar surface area (TPSA) is 22.1 Å². The Hall–Kier alpha value is -1.25. The van der Waals surface area contributed by atoms with Gasteiger partial charge >= 0.3 is 0 Å². The fourth-order valence-corrected chi connectivity index (χ4v) is 2.59. The van der Waals surface area contributed by atoms with E-state index in [0.29, 0.717) is 17.7 Å². The average Bonchev–Trinajstić information content (AvgIpc) is 2.37. The van der Waals surface area contributed by atoms with Crippen molar-refractivity contribution in [2.45, 2.75) is 33.3 Å². The third-order valence-corrected chi connectivity index (χ3v) is 3.64. The van der Waals surface area contributed by atoms with E-state index in [-0.39, 0.29) is 0 Å². The maximum atomic E-state index is 6.25. The van der Waals surface area contributed by atoms with Crippen molar-refractivity contribution < 1.29 is 4.74 Å². The molecule has 20 heavy (non-hydrogen) atoms. The lowest BCUT2D eigenvalue weighted by Gasteiger charge is -2.14. The molecule has 0 fully saturated rings. The Kier molecular flexibility index (Phi) is 4.90. The van der Waals surface area contributed by atoms with Gasteiger partial charge in [0.05, 0.1) is 0 Å². The zero-order valence-electron chi connectivity index (χ0n) is 11.8. The smallest absolute Gasteiger partial charge is 0.129 e. The quantitative estimate of drug-likeness (QED) is 0.705. The van der Waals surface area contributed by atoms with Crippen molar-refractivity contribution >= 4 is 23.2 Å². The van der Waals surface area contributed by atoms with Gasteiger partial charge in [0, 0.05) is 11.2 Å². The Balaban J connectivity index is 2.19. The van der Waals surface area contributed by atoms with Crippen LogP contribution in [0.2, 0.25) is 10.2 Å². The summed E-state index contributed by atoms with van der Waals surface area (Å²) in [4.78, 5) is 3.95. The second kappa shape index (κ2) is 6.47. The van der Waals surface area contributed by atoms with Crippen LogP contribution in [0.15, 0.2) is 30.5 Å². The minimum Gasteiger partial charge on any atom is -0.489 e. The first kappa shape index (κ1) is 15.1. The maximum absolute atomic E-state index is 6.25. The van der Waals surface area contributed by atoms with Gasteiger partial charge in [0.25, 0.3) is 0 Å². The predicted octanol–water partition coefficient (Wildman–Crippen LogP) is 5.40. The van der Waals surface area contributed by atoms with Gasteiger partial charge in [-0.2, -0.15) is 0 Å². The van der Waals surface area contributed by atoms with Crippen LogP contribution in [0.5, 0.6) is 5.75 Å². The van der Waals surface area contributed by atoms with Crippen molar-refractivity contribution in [2.75, 3.05) is 0 Å². The minimum absolute atomic E-state index is 0.362. The monoisotopic (exact) mass is 309 g/mol. The van der Waals surface area contributed by atoms with E-state index in [4.69, 9.17) is 27.9 Å². The van der Waals surface area contributed by atoms with Gasteiger partial charge in [-0.1, -0.05) is 37.0 Å². The highest BCUT2D eigenvalue weighted by molar-refractivity contribution is 6.31. The molecule has 0 unspecified atom stereocenters. The minimum atomic E-state index is 0.362. The Morgan fingerprint density at radius 3 is 2.60 bits per heavy atom. The lowest BCUT2D eigenvalue weighted by molar-refractivity contribution is 0.303. The van der Waals surface area contributed by atoms with E-state index in [1.165, 1.54) is 0 Å². The van der Waals surface area contributed by atoms with E-state index in [9.17, 15) is 0 Å². The molecule has 1 aromatic heterocycles. The van der Waals surface area contributed by atoms with Gasteiger partial charge in [-0.15, -0.1) is 0 Å².